The molecule has 0 radical (unpaired) electrons. The van der Waals surface area contributed by atoms with Gasteiger partial charge in [-0.1, -0.05) is 42.5 Å². The molecule has 0 saturated heterocycles. The quantitative estimate of drug-likeness (QED) is 0.406. The third kappa shape index (κ3) is 6.73. The summed E-state index contributed by atoms with van der Waals surface area (Å²) in [6, 6.07) is 20.1. The lowest BCUT2D eigenvalue weighted by atomic mass is 9.90. The van der Waals surface area contributed by atoms with Gasteiger partial charge in [0.2, 0.25) is 5.95 Å². The lowest BCUT2D eigenvalue weighted by molar-refractivity contribution is 0.538. The summed E-state index contributed by atoms with van der Waals surface area (Å²) in [6.07, 6.45) is 6.67. The van der Waals surface area contributed by atoms with Crippen LogP contribution in [0.3, 0.4) is 0 Å². The van der Waals surface area contributed by atoms with Gasteiger partial charge < -0.3 is 20.4 Å². The number of likely N-dealkylation sites (N-methyl/N-ethyl adjacent to an activating group) is 1. The first kappa shape index (κ1) is 25.0. The Morgan fingerprint density at radius 2 is 1.89 bits per heavy atom. The molecule has 0 unspecified atom stereocenters. The summed E-state index contributed by atoms with van der Waals surface area (Å²) in [5, 5.41) is 6.56. The number of aryl methyl sites for hydroxylation is 1. The van der Waals surface area contributed by atoms with Crippen LogP contribution in [0.4, 0.5) is 17.5 Å². The molecule has 1 aliphatic rings. The second-order valence-electron chi connectivity index (χ2n) is 9.48. The fraction of sp³-hybridized carbons (Fsp3) is 0.448. The topological polar surface area (TPSA) is 56.3 Å². The number of hydrogen-bond acceptors (Lipinski definition) is 6. The summed E-state index contributed by atoms with van der Waals surface area (Å²) in [4.78, 5) is 14.0. The van der Waals surface area contributed by atoms with Crippen LogP contribution in [0.25, 0.3) is 0 Å². The smallest absolute Gasteiger partial charge is 0.224 e. The largest absolute Gasteiger partial charge is 0.365 e. The van der Waals surface area contributed by atoms with Crippen molar-refractivity contribution in [3.05, 3.63) is 77.5 Å². The van der Waals surface area contributed by atoms with E-state index in [2.05, 4.69) is 94.0 Å². The molecule has 0 aliphatic carbocycles. The molecule has 6 nitrogen and oxygen atoms in total. The van der Waals surface area contributed by atoms with Gasteiger partial charge in [-0.3, -0.25) is 0 Å². The molecule has 6 heteroatoms. The van der Waals surface area contributed by atoms with Gasteiger partial charge in [0.1, 0.15) is 5.82 Å². The molecule has 0 amide bonds. The number of fused-ring (bicyclic) bond motifs is 1. The number of aromatic nitrogens is 2. The van der Waals surface area contributed by atoms with Gasteiger partial charge >= 0.3 is 0 Å². The van der Waals surface area contributed by atoms with Crippen molar-refractivity contribution in [1.82, 2.24) is 15.3 Å². The normalized spacial score (nSPS) is 14.4. The number of benzene rings is 2. The van der Waals surface area contributed by atoms with Crippen molar-refractivity contribution in [2.75, 3.05) is 55.4 Å². The minimum absolute atomic E-state index is 0.608. The molecule has 1 atom stereocenters. The molecule has 0 spiro atoms. The second-order valence-corrected chi connectivity index (χ2v) is 9.48. The number of rotatable bonds is 11. The Balaban J connectivity index is 1.41. The third-order valence-corrected chi connectivity index (χ3v) is 6.91. The summed E-state index contributed by atoms with van der Waals surface area (Å²) in [6.45, 7) is 6.67. The van der Waals surface area contributed by atoms with Crippen molar-refractivity contribution < 1.29 is 0 Å². The summed E-state index contributed by atoms with van der Waals surface area (Å²) in [7, 11) is 4.17. The second kappa shape index (κ2) is 12.5. The van der Waals surface area contributed by atoms with E-state index in [-0.39, 0.29) is 0 Å². The van der Waals surface area contributed by atoms with Crippen molar-refractivity contribution in [2.45, 2.75) is 45.1 Å². The molecule has 0 saturated carbocycles. The molecular weight excluding hydrogens is 432 g/mol. The van der Waals surface area contributed by atoms with Gasteiger partial charge in [0.05, 0.1) is 0 Å². The molecule has 35 heavy (non-hydrogen) atoms. The molecule has 3 aromatic rings. The zero-order valence-corrected chi connectivity index (χ0v) is 21.5. The minimum Gasteiger partial charge on any atom is -0.365 e. The van der Waals surface area contributed by atoms with Crippen LogP contribution < -0.4 is 20.4 Å². The summed E-state index contributed by atoms with van der Waals surface area (Å²) >= 11 is 0. The molecule has 4 rings (SSSR count). The number of nitrogens with zero attached hydrogens (tertiary/aromatic N) is 4. The lowest BCUT2D eigenvalue weighted by Gasteiger charge is -2.24. The summed E-state index contributed by atoms with van der Waals surface area (Å²) < 4.78 is 0. The van der Waals surface area contributed by atoms with Crippen LogP contribution >= 0.6 is 0 Å². The van der Waals surface area contributed by atoms with E-state index in [0.717, 1.165) is 45.0 Å². The Morgan fingerprint density at radius 1 is 1.03 bits per heavy atom. The minimum atomic E-state index is 0.608. The van der Waals surface area contributed by atoms with Gasteiger partial charge in [0, 0.05) is 50.7 Å². The van der Waals surface area contributed by atoms with Gasteiger partial charge in [-0.2, -0.15) is 4.98 Å². The van der Waals surface area contributed by atoms with Crippen molar-refractivity contribution in [2.24, 2.45) is 0 Å². The van der Waals surface area contributed by atoms with Gasteiger partial charge in [-0.05, 0) is 75.4 Å². The fourth-order valence-corrected chi connectivity index (χ4v) is 4.95. The molecule has 0 fully saturated rings. The van der Waals surface area contributed by atoms with E-state index in [1.165, 1.54) is 41.6 Å². The zero-order valence-electron chi connectivity index (χ0n) is 21.5. The summed E-state index contributed by atoms with van der Waals surface area (Å²) in [5.41, 5.74) is 5.34. The van der Waals surface area contributed by atoms with Crippen LogP contribution in [0, 0.1) is 0 Å². The zero-order chi connectivity index (χ0) is 24.5. The van der Waals surface area contributed by atoms with E-state index in [4.69, 9.17) is 4.98 Å². The van der Waals surface area contributed by atoms with E-state index >= 15 is 0 Å². The summed E-state index contributed by atoms with van der Waals surface area (Å²) in [5.74, 6) is 2.34. The molecule has 2 N–H and O–H groups in total. The van der Waals surface area contributed by atoms with Crippen LogP contribution in [0.2, 0.25) is 0 Å². The molecule has 186 valence electrons. The Labute approximate surface area is 210 Å². The molecular formula is C29H40N6. The van der Waals surface area contributed by atoms with Gasteiger partial charge in [-0.25, -0.2) is 4.98 Å². The van der Waals surface area contributed by atoms with Crippen LogP contribution in [-0.2, 0) is 13.0 Å². The van der Waals surface area contributed by atoms with E-state index in [1.807, 2.05) is 13.2 Å². The van der Waals surface area contributed by atoms with Crippen LogP contribution in [0.15, 0.2) is 60.8 Å². The molecule has 0 bridgehead atoms. The Kier molecular flexibility index (Phi) is 8.96. The van der Waals surface area contributed by atoms with Gasteiger partial charge in [0.25, 0.3) is 0 Å². The van der Waals surface area contributed by atoms with Crippen molar-refractivity contribution in [1.29, 1.82) is 0 Å². The maximum absolute atomic E-state index is 4.77. The highest BCUT2D eigenvalue weighted by Gasteiger charge is 2.20. The first-order valence-corrected chi connectivity index (χ1v) is 13.0. The highest BCUT2D eigenvalue weighted by molar-refractivity contribution is 5.56. The average Bonchev–Trinajstić information content (AvgIpc) is 3.06. The number of hydrogen-bond donors (Lipinski definition) is 2. The molecule has 2 aromatic carbocycles. The van der Waals surface area contributed by atoms with E-state index in [1.54, 1.807) is 0 Å². The maximum Gasteiger partial charge on any atom is 0.224 e. The highest BCUT2D eigenvalue weighted by Crippen LogP contribution is 2.28. The number of nitrogens with one attached hydrogen (secondary N) is 2. The SMILES string of the molecule is CCNc1ncc2c(n1)N(C)CCN(c1cccc(CCC[C@H](CCNC)c3ccccc3)c1)C2. The molecule has 1 aromatic heterocycles. The predicted molar refractivity (Wildman–Crippen MR) is 148 cm³/mol. The fourth-order valence-electron chi connectivity index (χ4n) is 4.95. The van der Waals surface area contributed by atoms with Crippen LogP contribution in [-0.4, -0.2) is 50.2 Å². The molecule has 2 heterocycles. The number of anilines is 3. The Hall–Kier alpha value is -3.12. The predicted octanol–water partition coefficient (Wildman–Crippen LogP) is 5.08. The Bertz CT molecular complexity index is 1050. The average molecular weight is 473 g/mol. The van der Waals surface area contributed by atoms with Crippen molar-refractivity contribution in [3.63, 3.8) is 0 Å². The first-order chi connectivity index (χ1) is 17.2. The van der Waals surface area contributed by atoms with Crippen molar-refractivity contribution in [3.8, 4) is 0 Å². The van der Waals surface area contributed by atoms with E-state index in [9.17, 15) is 0 Å². The van der Waals surface area contributed by atoms with Gasteiger partial charge in [-0.15, -0.1) is 0 Å². The molecule has 1 aliphatic heterocycles. The van der Waals surface area contributed by atoms with E-state index < -0.39 is 0 Å². The lowest BCUT2D eigenvalue weighted by Crippen LogP contribution is -2.29. The monoisotopic (exact) mass is 472 g/mol. The van der Waals surface area contributed by atoms with Crippen molar-refractivity contribution >= 4 is 17.5 Å². The van der Waals surface area contributed by atoms with Crippen LogP contribution in [0.5, 0.6) is 0 Å². The van der Waals surface area contributed by atoms with E-state index in [0.29, 0.717) is 11.9 Å². The first-order valence-electron chi connectivity index (χ1n) is 13.0. The van der Waals surface area contributed by atoms with Gasteiger partial charge in [0.15, 0.2) is 0 Å². The van der Waals surface area contributed by atoms with Crippen LogP contribution in [0.1, 0.15) is 48.8 Å². The maximum atomic E-state index is 4.77. The Morgan fingerprint density at radius 3 is 2.69 bits per heavy atom. The third-order valence-electron chi connectivity index (χ3n) is 6.91. The standard InChI is InChI=1S/C29H40N6/c1-4-31-29-32-21-26-22-35(19-18-34(3)28(26)33-29)27-15-9-11-23(20-27)10-8-14-25(16-17-30-2)24-12-6-5-7-13-24/h5-7,9,11-13,15,20-21,25,30H,4,8,10,14,16-19,22H2,1-3H3,(H,31,32,33)/t25-/m1/s1. The highest BCUT2D eigenvalue weighted by atomic mass is 15.3.